The maximum atomic E-state index is 12.7. The SMILES string of the molecule is Cc1nnc(SCC(=O)c2cc(C)n(-c3ccccc3)c2C)n1C. The molecule has 0 N–H and O–H groups in total. The van der Waals surface area contributed by atoms with Gasteiger partial charge in [-0.05, 0) is 39.0 Å². The number of ketones is 1. The van der Waals surface area contributed by atoms with Crippen molar-refractivity contribution in [2.45, 2.75) is 25.9 Å². The van der Waals surface area contributed by atoms with Crippen molar-refractivity contribution in [3.8, 4) is 5.69 Å². The first-order valence-electron chi connectivity index (χ1n) is 7.75. The number of aromatic nitrogens is 4. The third kappa shape index (κ3) is 3.01. The number of hydrogen-bond donors (Lipinski definition) is 0. The Hall–Kier alpha value is -2.34. The lowest BCUT2D eigenvalue weighted by atomic mass is 10.2. The van der Waals surface area contributed by atoms with E-state index in [9.17, 15) is 4.79 Å². The van der Waals surface area contributed by atoms with Crippen LogP contribution in [0.25, 0.3) is 5.69 Å². The summed E-state index contributed by atoms with van der Waals surface area (Å²) in [6.45, 7) is 5.91. The van der Waals surface area contributed by atoms with Crippen molar-refractivity contribution >= 4 is 17.5 Å². The Morgan fingerprint density at radius 1 is 1.12 bits per heavy atom. The fourth-order valence-electron chi connectivity index (χ4n) is 2.74. The van der Waals surface area contributed by atoms with Crippen molar-refractivity contribution in [3.05, 3.63) is 59.2 Å². The summed E-state index contributed by atoms with van der Waals surface area (Å²) < 4.78 is 4.01. The molecule has 3 aromatic rings. The maximum absolute atomic E-state index is 12.7. The fourth-order valence-corrected chi connectivity index (χ4v) is 3.58. The number of aryl methyl sites for hydroxylation is 2. The van der Waals surface area contributed by atoms with Gasteiger partial charge >= 0.3 is 0 Å². The molecule has 5 nitrogen and oxygen atoms in total. The fraction of sp³-hybridized carbons (Fsp3) is 0.278. The standard InChI is InChI=1S/C18H20N4OS/c1-12-10-16(13(2)22(12)15-8-6-5-7-9-15)17(23)11-24-18-20-19-14(3)21(18)4/h5-10H,11H2,1-4H3. The number of para-hydroxylation sites is 1. The Balaban J connectivity index is 1.82. The number of thioether (sulfide) groups is 1. The van der Waals surface area contributed by atoms with E-state index in [0.717, 1.165) is 33.6 Å². The monoisotopic (exact) mass is 340 g/mol. The van der Waals surface area contributed by atoms with Gasteiger partial charge in [0.1, 0.15) is 5.82 Å². The molecule has 0 saturated carbocycles. The zero-order chi connectivity index (χ0) is 17.3. The number of nitrogens with zero attached hydrogens (tertiary/aromatic N) is 4. The van der Waals surface area contributed by atoms with E-state index >= 15 is 0 Å². The topological polar surface area (TPSA) is 52.7 Å². The molecule has 3 rings (SSSR count). The molecule has 0 atom stereocenters. The van der Waals surface area contributed by atoms with Crippen LogP contribution in [-0.2, 0) is 7.05 Å². The molecule has 0 bridgehead atoms. The van der Waals surface area contributed by atoms with E-state index in [1.54, 1.807) is 0 Å². The predicted octanol–water partition coefficient (Wildman–Crippen LogP) is 3.51. The lowest BCUT2D eigenvalue weighted by Gasteiger charge is -2.09. The quantitative estimate of drug-likeness (QED) is 0.527. The first kappa shape index (κ1) is 16.5. The summed E-state index contributed by atoms with van der Waals surface area (Å²) in [5.74, 6) is 1.30. The van der Waals surface area contributed by atoms with Crippen molar-refractivity contribution in [1.29, 1.82) is 0 Å². The highest BCUT2D eigenvalue weighted by atomic mass is 32.2. The second-order valence-corrected chi connectivity index (χ2v) is 6.70. The number of Topliss-reactive ketones (excluding diaryl/α,β-unsaturated/α-hetero) is 1. The first-order chi connectivity index (χ1) is 11.5. The normalized spacial score (nSPS) is 11.0. The summed E-state index contributed by atoms with van der Waals surface area (Å²) in [4.78, 5) is 12.7. The Kier molecular flexibility index (Phi) is 4.57. The van der Waals surface area contributed by atoms with Gasteiger partial charge in [-0.3, -0.25) is 4.79 Å². The molecule has 24 heavy (non-hydrogen) atoms. The minimum Gasteiger partial charge on any atom is -0.318 e. The molecule has 2 aromatic heterocycles. The average Bonchev–Trinajstić information content (AvgIpc) is 3.06. The molecule has 0 aliphatic carbocycles. The highest BCUT2D eigenvalue weighted by molar-refractivity contribution is 7.99. The smallest absolute Gasteiger partial charge is 0.191 e. The molecule has 0 aliphatic rings. The van der Waals surface area contributed by atoms with Crippen molar-refractivity contribution < 1.29 is 4.79 Å². The van der Waals surface area contributed by atoms with Crippen LogP contribution in [-0.4, -0.2) is 30.9 Å². The number of carbonyl (C=O) groups is 1. The van der Waals surface area contributed by atoms with Gasteiger partial charge in [-0.25, -0.2) is 0 Å². The van der Waals surface area contributed by atoms with Gasteiger partial charge in [0.05, 0.1) is 5.75 Å². The molecule has 0 spiro atoms. The average molecular weight is 340 g/mol. The molecule has 2 heterocycles. The Labute approximate surface area is 145 Å². The van der Waals surface area contributed by atoms with Crippen LogP contribution in [0.15, 0.2) is 41.6 Å². The number of rotatable bonds is 5. The molecule has 0 amide bonds. The van der Waals surface area contributed by atoms with Crippen LogP contribution in [0.5, 0.6) is 0 Å². The van der Waals surface area contributed by atoms with Crippen LogP contribution < -0.4 is 0 Å². The van der Waals surface area contributed by atoms with Gasteiger partial charge < -0.3 is 9.13 Å². The number of carbonyl (C=O) groups excluding carboxylic acids is 1. The van der Waals surface area contributed by atoms with Crippen molar-refractivity contribution in [3.63, 3.8) is 0 Å². The molecule has 0 saturated heterocycles. The molecule has 124 valence electrons. The summed E-state index contributed by atoms with van der Waals surface area (Å²) in [7, 11) is 1.91. The predicted molar refractivity (Wildman–Crippen MR) is 96.0 cm³/mol. The van der Waals surface area contributed by atoms with E-state index in [2.05, 4.69) is 14.8 Å². The van der Waals surface area contributed by atoms with Crippen LogP contribution in [0.2, 0.25) is 0 Å². The van der Waals surface area contributed by atoms with Gasteiger partial charge in [0, 0.05) is 29.7 Å². The summed E-state index contributed by atoms with van der Waals surface area (Å²) in [6, 6.07) is 12.1. The highest BCUT2D eigenvalue weighted by Gasteiger charge is 2.18. The summed E-state index contributed by atoms with van der Waals surface area (Å²) in [5, 5.41) is 8.87. The minimum absolute atomic E-state index is 0.107. The molecule has 0 unspecified atom stereocenters. The number of benzene rings is 1. The van der Waals surface area contributed by atoms with Crippen molar-refractivity contribution in [1.82, 2.24) is 19.3 Å². The Morgan fingerprint density at radius 3 is 2.46 bits per heavy atom. The summed E-state index contributed by atoms with van der Waals surface area (Å²) in [6.07, 6.45) is 0. The molecular formula is C18H20N4OS. The second-order valence-electron chi connectivity index (χ2n) is 5.76. The molecular weight excluding hydrogens is 320 g/mol. The van der Waals surface area contributed by atoms with Crippen LogP contribution in [0.4, 0.5) is 0 Å². The van der Waals surface area contributed by atoms with E-state index in [0.29, 0.717) is 5.75 Å². The second kappa shape index (κ2) is 6.65. The van der Waals surface area contributed by atoms with Gasteiger partial charge in [0.15, 0.2) is 10.9 Å². The third-order valence-corrected chi connectivity index (χ3v) is 5.15. The zero-order valence-corrected chi connectivity index (χ0v) is 15.1. The van der Waals surface area contributed by atoms with Gasteiger partial charge in [0.2, 0.25) is 0 Å². The van der Waals surface area contributed by atoms with E-state index in [-0.39, 0.29) is 5.78 Å². The van der Waals surface area contributed by atoms with Crippen molar-refractivity contribution in [2.24, 2.45) is 7.05 Å². The van der Waals surface area contributed by atoms with Crippen LogP contribution in [0.3, 0.4) is 0 Å². The largest absolute Gasteiger partial charge is 0.318 e. The summed E-state index contributed by atoms with van der Waals surface area (Å²) in [5.41, 5.74) is 3.87. The molecule has 6 heteroatoms. The van der Waals surface area contributed by atoms with E-state index in [1.165, 1.54) is 11.8 Å². The van der Waals surface area contributed by atoms with Gasteiger partial charge in [-0.1, -0.05) is 30.0 Å². The maximum Gasteiger partial charge on any atom is 0.191 e. The highest BCUT2D eigenvalue weighted by Crippen LogP contribution is 2.23. The van der Waals surface area contributed by atoms with Crippen LogP contribution in [0, 0.1) is 20.8 Å². The first-order valence-corrected chi connectivity index (χ1v) is 8.74. The molecule has 0 aliphatic heterocycles. The Morgan fingerprint density at radius 2 is 1.83 bits per heavy atom. The minimum atomic E-state index is 0.107. The van der Waals surface area contributed by atoms with Gasteiger partial charge in [0.25, 0.3) is 0 Å². The van der Waals surface area contributed by atoms with Gasteiger partial charge in [-0.2, -0.15) is 0 Å². The van der Waals surface area contributed by atoms with E-state index in [1.807, 2.05) is 68.8 Å². The van der Waals surface area contributed by atoms with Crippen LogP contribution >= 0.6 is 11.8 Å². The zero-order valence-electron chi connectivity index (χ0n) is 14.3. The van der Waals surface area contributed by atoms with E-state index < -0.39 is 0 Å². The lowest BCUT2D eigenvalue weighted by molar-refractivity contribution is 0.102. The molecule has 0 radical (unpaired) electrons. The lowest BCUT2D eigenvalue weighted by Crippen LogP contribution is -2.06. The summed E-state index contributed by atoms with van der Waals surface area (Å²) >= 11 is 1.42. The molecule has 0 fully saturated rings. The Bertz CT molecular complexity index is 880. The number of hydrogen-bond acceptors (Lipinski definition) is 4. The van der Waals surface area contributed by atoms with E-state index in [4.69, 9.17) is 0 Å². The van der Waals surface area contributed by atoms with Crippen LogP contribution in [0.1, 0.15) is 27.6 Å². The molecule has 1 aromatic carbocycles. The van der Waals surface area contributed by atoms with Gasteiger partial charge in [-0.15, -0.1) is 10.2 Å². The third-order valence-electron chi connectivity index (χ3n) is 4.13. The van der Waals surface area contributed by atoms with Crippen molar-refractivity contribution in [2.75, 3.05) is 5.75 Å².